The number of carbonyl (C=O) groups is 3. The van der Waals surface area contributed by atoms with E-state index in [1.165, 1.54) is 33.9 Å². The van der Waals surface area contributed by atoms with Crippen LogP contribution in [0.15, 0.2) is 18.2 Å². The number of carbonyl (C=O) groups excluding carboxylic acids is 3. The highest BCUT2D eigenvalue weighted by atomic mass is 19.2. The van der Waals surface area contributed by atoms with E-state index in [9.17, 15) is 23.2 Å². The number of rotatable bonds is 1. The molecule has 2 heterocycles. The van der Waals surface area contributed by atoms with E-state index in [0.717, 1.165) is 6.07 Å². The highest BCUT2D eigenvalue weighted by molar-refractivity contribution is 5.98. The lowest BCUT2D eigenvalue weighted by Gasteiger charge is -2.45. The van der Waals surface area contributed by atoms with Gasteiger partial charge in [-0.1, -0.05) is 6.07 Å². The van der Waals surface area contributed by atoms with Gasteiger partial charge >= 0.3 is 0 Å². The number of hydrogen-bond donors (Lipinski definition) is 0. The third-order valence-corrected chi connectivity index (χ3v) is 4.20. The summed E-state index contributed by atoms with van der Waals surface area (Å²) in [7, 11) is 1.52. The zero-order valence-electron chi connectivity index (χ0n) is 12.5. The van der Waals surface area contributed by atoms with Crippen molar-refractivity contribution in [2.75, 3.05) is 33.2 Å². The van der Waals surface area contributed by atoms with Gasteiger partial charge in [-0.05, 0) is 12.1 Å². The normalized spacial score (nSPS) is 21.5. The molecule has 6 nitrogen and oxygen atoms in total. The van der Waals surface area contributed by atoms with Crippen molar-refractivity contribution in [3.05, 3.63) is 35.4 Å². The zero-order valence-corrected chi connectivity index (χ0v) is 12.5. The zero-order chi connectivity index (χ0) is 16.7. The Morgan fingerprint density at radius 3 is 2.70 bits per heavy atom. The van der Waals surface area contributed by atoms with Crippen LogP contribution < -0.4 is 0 Å². The van der Waals surface area contributed by atoms with Crippen LogP contribution in [0.25, 0.3) is 0 Å². The summed E-state index contributed by atoms with van der Waals surface area (Å²) in [5.41, 5.74) is -0.374. The minimum absolute atomic E-state index is 0.0157. The Kier molecular flexibility index (Phi) is 3.75. The largest absolute Gasteiger partial charge is 0.335 e. The first-order valence-electron chi connectivity index (χ1n) is 7.18. The Hall–Kier alpha value is -2.51. The fourth-order valence-electron chi connectivity index (χ4n) is 2.94. The number of fused-ring (bicyclic) bond motifs is 1. The molecule has 1 aromatic rings. The Morgan fingerprint density at radius 1 is 1.22 bits per heavy atom. The first kappa shape index (κ1) is 15.4. The predicted molar refractivity (Wildman–Crippen MR) is 75.4 cm³/mol. The van der Waals surface area contributed by atoms with Crippen molar-refractivity contribution in [1.82, 2.24) is 14.7 Å². The summed E-state index contributed by atoms with van der Waals surface area (Å²) in [6.07, 6.45) is 0. The number of halogens is 2. The molecule has 2 aliphatic rings. The molecule has 0 bridgehead atoms. The van der Waals surface area contributed by atoms with Crippen LogP contribution in [0.2, 0.25) is 0 Å². The maximum Gasteiger partial charge on any atom is 0.257 e. The molecule has 8 heteroatoms. The predicted octanol–water partition coefficient (Wildman–Crippen LogP) is 0.0898. The minimum Gasteiger partial charge on any atom is -0.335 e. The average Bonchev–Trinajstić information content (AvgIpc) is 2.54. The second-order valence-corrected chi connectivity index (χ2v) is 5.65. The molecule has 2 fully saturated rings. The first-order valence-corrected chi connectivity index (χ1v) is 7.18. The van der Waals surface area contributed by atoms with E-state index < -0.39 is 23.6 Å². The molecule has 0 aromatic heterocycles. The fraction of sp³-hybridized carbons (Fsp3) is 0.400. The summed E-state index contributed by atoms with van der Waals surface area (Å²) in [6.45, 7) is 0.366. The minimum atomic E-state index is -1.21. The van der Waals surface area contributed by atoms with Gasteiger partial charge in [-0.15, -0.1) is 0 Å². The Bertz CT molecular complexity index is 695. The summed E-state index contributed by atoms with van der Waals surface area (Å²) in [4.78, 5) is 40.6. The van der Waals surface area contributed by atoms with E-state index in [-0.39, 0.29) is 43.6 Å². The molecule has 3 rings (SSSR count). The van der Waals surface area contributed by atoms with Crippen molar-refractivity contribution in [3.63, 3.8) is 0 Å². The second-order valence-electron chi connectivity index (χ2n) is 5.65. The molecular formula is C15H15F2N3O3. The van der Waals surface area contributed by atoms with E-state index >= 15 is 0 Å². The Morgan fingerprint density at radius 2 is 1.96 bits per heavy atom. The first-order chi connectivity index (χ1) is 10.9. The van der Waals surface area contributed by atoms with Crippen LogP contribution in [0.5, 0.6) is 0 Å². The van der Waals surface area contributed by atoms with Gasteiger partial charge in [0.25, 0.3) is 5.91 Å². The van der Waals surface area contributed by atoms with Crippen LogP contribution in [0, 0.1) is 11.6 Å². The average molecular weight is 323 g/mol. The van der Waals surface area contributed by atoms with Crippen LogP contribution >= 0.6 is 0 Å². The lowest BCUT2D eigenvalue weighted by atomic mass is 10.1. The van der Waals surface area contributed by atoms with E-state index in [1.807, 2.05) is 0 Å². The molecule has 3 amide bonds. The molecule has 2 aliphatic heterocycles. The van der Waals surface area contributed by atoms with Crippen LogP contribution in [0.1, 0.15) is 10.4 Å². The Labute approximate surface area is 131 Å². The highest BCUT2D eigenvalue weighted by Gasteiger charge is 2.42. The lowest BCUT2D eigenvalue weighted by Crippen LogP contribution is -2.66. The van der Waals surface area contributed by atoms with Gasteiger partial charge in [-0.25, -0.2) is 8.78 Å². The molecule has 0 unspecified atom stereocenters. The van der Waals surface area contributed by atoms with Gasteiger partial charge in [-0.2, -0.15) is 0 Å². The number of piperazine rings is 2. The summed E-state index contributed by atoms with van der Waals surface area (Å²) >= 11 is 0. The van der Waals surface area contributed by atoms with Gasteiger partial charge in [0.05, 0.1) is 18.7 Å². The summed E-state index contributed by atoms with van der Waals surface area (Å²) < 4.78 is 27.1. The molecule has 0 radical (unpaired) electrons. The smallest absolute Gasteiger partial charge is 0.257 e. The van der Waals surface area contributed by atoms with Gasteiger partial charge in [0.2, 0.25) is 11.8 Å². The molecule has 1 atom stereocenters. The van der Waals surface area contributed by atoms with Crippen molar-refractivity contribution in [2.24, 2.45) is 0 Å². The molecule has 1 aromatic carbocycles. The van der Waals surface area contributed by atoms with Crippen LogP contribution in [0.3, 0.4) is 0 Å². The second kappa shape index (κ2) is 5.60. The van der Waals surface area contributed by atoms with E-state index in [4.69, 9.17) is 0 Å². The van der Waals surface area contributed by atoms with Crippen molar-refractivity contribution < 1.29 is 23.2 Å². The summed E-state index contributed by atoms with van der Waals surface area (Å²) in [5.74, 6) is -3.43. The molecule has 2 saturated heterocycles. The molecule has 23 heavy (non-hydrogen) atoms. The van der Waals surface area contributed by atoms with Gasteiger partial charge in [-0.3, -0.25) is 14.4 Å². The molecule has 0 spiro atoms. The van der Waals surface area contributed by atoms with E-state index in [0.29, 0.717) is 0 Å². The van der Waals surface area contributed by atoms with Crippen LogP contribution in [0.4, 0.5) is 8.78 Å². The third-order valence-electron chi connectivity index (χ3n) is 4.20. The number of likely N-dealkylation sites (N-methyl/N-ethyl adjacent to an activating group) is 1. The molecule has 122 valence electrons. The van der Waals surface area contributed by atoms with E-state index in [1.54, 1.807) is 0 Å². The molecular weight excluding hydrogens is 308 g/mol. The van der Waals surface area contributed by atoms with Gasteiger partial charge in [0.1, 0.15) is 6.04 Å². The van der Waals surface area contributed by atoms with Crippen LogP contribution in [-0.2, 0) is 9.59 Å². The lowest BCUT2D eigenvalue weighted by molar-refractivity contribution is -0.157. The number of hydrogen-bond acceptors (Lipinski definition) is 3. The quantitative estimate of drug-likeness (QED) is 0.736. The summed E-state index contributed by atoms with van der Waals surface area (Å²) in [5, 5.41) is 0. The van der Waals surface area contributed by atoms with Crippen LogP contribution in [-0.4, -0.2) is 71.7 Å². The third kappa shape index (κ3) is 2.54. The van der Waals surface area contributed by atoms with Gasteiger partial charge in [0.15, 0.2) is 11.6 Å². The SMILES string of the molecule is CN1CC(=O)N2CCN(C(=O)c3cccc(F)c3F)C[C@@H]2C1=O. The molecule has 0 N–H and O–H groups in total. The maximum absolute atomic E-state index is 13.8. The number of amides is 3. The van der Waals surface area contributed by atoms with Gasteiger partial charge < -0.3 is 14.7 Å². The van der Waals surface area contributed by atoms with Crippen molar-refractivity contribution in [3.8, 4) is 0 Å². The van der Waals surface area contributed by atoms with Gasteiger partial charge in [0, 0.05) is 20.1 Å². The maximum atomic E-state index is 13.8. The topological polar surface area (TPSA) is 60.9 Å². The standard InChI is InChI=1S/C15H15F2N3O3/c1-18-8-12(21)20-6-5-19(7-11(20)15(18)23)14(22)9-3-2-4-10(16)13(9)17/h2-4,11H,5-8H2,1H3/t11-/m1/s1. The monoisotopic (exact) mass is 323 g/mol. The molecule has 0 aliphatic carbocycles. The Balaban J connectivity index is 1.83. The van der Waals surface area contributed by atoms with E-state index in [2.05, 4.69) is 0 Å². The van der Waals surface area contributed by atoms with Crippen molar-refractivity contribution in [1.29, 1.82) is 0 Å². The number of benzene rings is 1. The number of nitrogens with zero attached hydrogens (tertiary/aromatic N) is 3. The highest BCUT2D eigenvalue weighted by Crippen LogP contribution is 2.20. The van der Waals surface area contributed by atoms with Crippen molar-refractivity contribution >= 4 is 17.7 Å². The summed E-state index contributed by atoms with van der Waals surface area (Å²) in [6, 6.07) is 2.62. The molecule has 0 saturated carbocycles. The van der Waals surface area contributed by atoms with Crippen molar-refractivity contribution in [2.45, 2.75) is 6.04 Å². The fourth-order valence-corrected chi connectivity index (χ4v) is 2.94.